The van der Waals surface area contributed by atoms with Gasteiger partial charge in [-0.3, -0.25) is 0 Å². The molecule has 22 heavy (non-hydrogen) atoms. The van der Waals surface area contributed by atoms with Crippen LogP contribution in [0, 0.1) is 0 Å². The van der Waals surface area contributed by atoms with Gasteiger partial charge >= 0.3 is 0 Å². The van der Waals surface area contributed by atoms with Gasteiger partial charge in [0, 0.05) is 4.91 Å². The topological polar surface area (TPSA) is 137 Å². The highest BCUT2D eigenvalue weighted by Gasteiger charge is 2.35. The first-order chi connectivity index (χ1) is 10.3. The van der Waals surface area contributed by atoms with Crippen molar-refractivity contribution in [3.63, 3.8) is 0 Å². The zero-order chi connectivity index (χ0) is 16.4. The normalized spacial score (nSPS) is 11.6. The predicted octanol–water partition coefficient (Wildman–Crippen LogP) is 2.50. The molecule has 0 aliphatic heterocycles. The summed E-state index contributed by atoms with van der Waals surface area (Å²) in [5, 5.41) is 12.4. The van der Waals surface area contributed by atoms with Crippen LogP contribution in [0.4, 0.5) is 5.69 Å². The lowest BCUT2D eigenvalue weighted by atomic mass is 10.3. The molecule has 2 aromatic carbocycles. The number of hydrogen-bond acceptors (Lipinski definition) is 6. The first kappa shape index (κ1) is 15.8. The van der Waals surface area contributed by atoms with Crippen LogP contribution in [0.2, 0.25) is 0 Å². The zero-order valence-electron chi connectivity index (χ0n) is 10.9. The lowest BCUT2D eigenvalue weighted by Gasteiger charge is -2.08. The van der Waals surface area contributed by atoms with E-state index in [1.54, 1.807) is 0 Å². The number of nitrogens with zero attached hydrogens (tertiary/aromatic N) is 3. The molecule has 114 valence electrons. The number of benzene rings is 2. The molecule has 8 nitrogen and oxygen atoms in total. The zero-order valence-corrected chi connectivity index (χ0v) is 12.5. The van der Waals surface area contributed by atoms with E-state index >= 15 is 0 Å². The molecule has 0 amide bonds. The Morgan fingerprint density at radius 2 is 1.59 bits per heavy atom. The number of aromatic hydroxyl groups is 1. The summed E-state index contributed by atoms with van der Waals surface area (Å²) < 4.78 is 49.4. The van der Waals surface area contributed by atoms with Crippen LogP contribution in [-0.2, 0) is 17.7 Å². The maximum atomic E-state index is 12.4. The summed E-state index contributed by atoms with van der Waals surface area (Å²) in [6, 6.07) is 9.31. The average molecular weight is 339 g/mol. The highest BCUT2D eigenvalue weighted by Crippen LogP contribution is 2.33. The van der Waals surface area contributed by atoms with Gasteiger partial charge in [0.25, 0.3) is 17.7 Å². The van der Waals surface area contributed by atoms with Crippen molar-refractivity contribution in [2.24, 2.45) is 5.11 Å². The Labute approximate surface area is 125 Å². The van der Waals surface area contributed by atoms with E-state index in [0.717, 1.165) is 30.3 Å². The first-order valence-electron chi connectivity index (χ1n) is 5.74. The highest BCUT2D eigenvalue weighted by molar-refractivity contribution is 8.67. The molecule has 0 saturated heterocycles. The smallest absolute Gasteiger partial charge is 0.286 e. The number of rotatable bonds is 4. The Morgan fingerprint density at radius 3 is 2.18 bits per heavy atom. The van der Waals surface area contributed by atoms with Crippen LogP contribution in [0.1, 0.15) is 0 Å². The minimum Gasteiger partial charge on any atom is -0.508 e. The van der Waals surface area contributed by atoms with Gasteiger partial charge in [-0.15, -0.1) is 0 Å². The summed E-state index contributed by atoms with van der Waals surface area (Å²) >= 11 is 0. The van der Waals surface area contributed by atoms with Gasteiger partial charge in [0.15, 0.2) is 0 Å². The SMILES string of the molecule is [N-]=[N+]=Nc1cc(O)ccc1S(=O)(=O)S(=O)(=O)c1ccccc1. The molecule has 0 aromatic heterocycles. The molecule has 10 heteroatoms. The highest BCUT2D eigenvalue weighted by atomic mass is 33.2. The molecule has 0 atom stereocenters. The number of hydrogen-bond donors (Lipinski definition) is 1. The Balaban J connectivity index is 2.74. The van der Waals surface area contributed by atoms with E-state index in [1.165, 1.54) is 18.2 Å². The van der Waals surface area contributed by atoms with Gasteiger partial charge in [0.1, 0.15) is 5.75 Å². The van der Waals surface area contributed by atoms with Crippen LogP contribution >= 0.6 is 0 Å². The molecule has 0 saturated carbocycles. The van der Waals surface area contributed by atoms with Gasteiger partial charge in [-0.1, -0.05) is 23.3 Å². The molecule has 0 aliphatic carbocycles. The van der Waals surface area contributed by atoms with Gasteiger partial charge in [-0.25, -0.2) is 16.8 Å². The second kappa shape index (κ2) is 5.68. The second-order valence-electron chi connectivity index (χ2n) is 4.06. The monoisotopic (exact) mass is 339 g/mol. The van der Waals surface area contributed by atoms with E-state index in [0.29, 0.717) is 0 Å². The van der Waals surface area contributed by atoms with Crippen molar-refractivity contribution in [1.82, 2.24) is 0 Å². The van der Waals surface area contributed by atoms with Crippen molar-refractivity contribution in [1.29, 1.82) is 0 Å². The summed E-state index contributed by atoms with van der Waals surface area (Å²) in [7, 11) is -9.60. The molecular weight excluding hydrogens is 330 g/mol. The van der Waals surface area contributed by atoms with Gasteiger partial charge in [-0.05, 0) is 35.9 Å². The lowest BCUT2D eigenvalue weighted by Crippen LogP contribution is -2.16. The second-order valence-corrected chi connectivity index (χ2v) is 9.42. The Hall–Kier alpha value is -2.55. The van der Waals surface area contributed by atoms with Crippen LogP contribution < -0.4 is 0 Å². The van der Waals surface area contributed by atoms with E-state index in [-0.39, 0.29) is 5.75 Å². The number of phenolic OH excluding ortho intramolecular Hbond substituents is 1. The van der Waals surface area contributed by atoms with E-state index in [2.05, 4.69) is 10.0 Å². The number of azide groups is 1. The molecular formula is C12H9N3O5S2. The maximum Gasteiger partial charge on any atom is 0.286 e. The first-order valence-corrected chi connectivity index (χ1v) is 9.22. The Kier molecular flexibility index (Phi) is 4.09. The molecule has 0 bridgehead atoms. The molecule has 0 aliphatic rings. The van der Waals surface area contributed by atoms with Crippen molar-refractivity contribution in [2.75, 3.05) is 0 Å². The largest absolute Gasteiger partial charge is 0.508 e. The molecule has 0 heterocycles. The average Bonchev–Trinajstić information content (AvgIpc) is 2.48. The fourth-order valence-corrected chi connectivity index (χ4v) is 5.47. The molecule has 0 fully saturated rings. The van der Waals surface area contributed by atoms with Crippen LogP contribution in [-0.4, -0.2) is 21.9 Å². The standard InChI is InChI=1S/C12H9N3O5S2/c13-15-14-11-8-9(16)6-7-12(11)22(19,20)21(17,18)10-4-2-1-3-5-10/h1-8,16H. The predicted molar refractivity (Wildman–Crippen MR) is 77.7 cm³/mol. The summed E-state index contributed by atoms with van der Waals surface area (Å²) in [4.78, 5) is 1.32. The summed E-state index contributed by atoms with van der Waals surface area (Å²) in [5.74, 6) is -0.363. The third-order valence-electron chi connectivity index (χ3n) is 2.69. The molecule has 0 unspecified atom stereocenters. The van der Waals surface area contributed by atoms with Gasteiger partial charge in [0.05, 0.1) is 15.5 Å². The van der Waals surface area contributed by atoms with E-state index in [1.807, 2.05) is 0 Å². The van der Waals surface area contributed by atoms with Crippen LogP contribution in [0.15, 0.2) is 63.4 Å². The fourth-order valence-electron chi connectivity index (χ4n) is 1.68. The summed E-state index contributed by atoms with van der Waals surface area (Å²) in [6.45, 7) is 0. The van der Waals surface area contributed by atoms with Crippen LogP contribution in [0.25, 0.3) is 10.4 Å². The minimum absolute atomic E-state index is 0.363. The summed E-state index contributed by atoms with van der Waals surface area (Å²) in [5.41, 5.74) is 7.95. The number of phenols is 1. The van der Waals surface area contributed by atoms with Gasteiger partial charge in [-0.2, -0.15) is 0 Å². The van der Waals surface area contributed by atoms with Crippen LogP contribution in [0.5, 0.6) is 5.75 Å². The third-order valence-corrected chi connectivity index (χ3v) is 7.85. The van der Waals surface area contributed by atoms with Crippen molar-refractivity contribution < 1.29 is 21.9 Å². The van der Waals surface area contributed by atoms with E-state index in [4.69, 9.17) is 5.53 Å². The molecule has 0 radical (unpaired) electrons. The molecule has 2 rings (SSSR count). The molecule has 1 N–H and O–H groups in total. The maximum absolute atomic E-state index is 12.4. The molecule has 2 aromatic rings. The van der Waals surface area contributed by atoms with Crippen molar-refractivity contribution in [3.05, 3.63) is 59.0 Å². The minimum atomic E-state index is -4.86. The van der Waals surface area contributed by atoms with Gasteiger partial charge < -0.3 is 5.11 Å². The third kappa shape index (κ3) is 2.62. The van der Waals surface area contributed by atoms with E-state index in [9.17, 15) is 21.9 Å². The van der Waals surface area contributed by atoms with Gasteiger partial charge in [0.2, 0.25) is 0 Å². The fraction of sp³-hybridized carbons (Fsp3) is 0. The van der Waals surface area contributed by atoms with E-state index < -0.39 is 33.2 Å². The van der Waals surface area contributed by atoms with Crippen molar-refractivity contribution in [3.8, 4) is 5.75 Å². The van der Waals surface area contributed by atoms with Crippen molar-refractivity contribution >= 4 is 23.4 Å². The van der Waals surface area contributed by atoms with Crippen molar-refractivity contribution in [2.45, 2.75) is 9.79 Å². The Bertz CT molecular complexity index is 963. The van der Waals surface area contributed by atoms with Crippen LogP contribution in [0.3, 0.4) is 0 Å². The quantitative estimate of drug-likeness (QED) is 0.395. The Morgan fingerprint density at radius 1 is 0.955 bits per heavy atom. The lowest BCUT2D eigenvalue weighted by molar-refractivity contribution is 0.475. The summed E-state index contributed by atoms with van der Waals surface area (Å²) in [6.07, 6.45) is 0. The molecule has 0 spiro atoms.